The van der Waals surface area contributed by atoms with Crippen LogP contribution in [-0.4, -0.2) is 33.2 Å². The zero-order chi connectivity index (χ0) is 15.7. The molecule has 0 saturated heterocycles. The Morgan fingerprint density at radius 3 is 2.57 bits per heavy atom. The molecule has 0 aliphatic rings. The third-order valence-electron chi connectivity index (χ3n) is 3.23. The Morgan fingerprint density at radius 1 is 1.19 bits per heavy atom. The van der Waals surface area contributed by atoms with Crippen molar-refractivity contribution in [2.75, 3.05) is 24.8 Å². The quantitative estimate of drug-likeness (QED) is 0.653. The normalized spacial score (nSPS) is 11.8. The highest BCUT2D eigenvalue weighted by Crippen LogP contribution is 2.23. The third-order valence-corrected chi connectivity index (χ3v) is 5.46. The largest absolute Gasteiger partial charge is 0.313 e. The smallest absolute Gasteiger partial charge is 0.175 e. The van der Waals surface area contributed by atoms with Crippen molar-refractivity contribution in [1.82, 2.24) is 5.32 Å². The average molecular weight is 350 g/mol. The molecule has 120 valence electrons. The molecule has 0 aliphatic carbocycles. The van der Waals surface area contributed by atoms with Crippen LogP contribution in [0.2, 0.25) is 5.02 Å². The van der Waals surface area contributed by atoms with Crippen LogP contribution >= 0.6 is 23.4 Å². The summed E-state index contributed by atoms with van der Waals surface area (Å²) in [5.74, 6) is 1.23. The molecule has 0 saturated carbocycles. The van der Waals surface area contributed by atoms with Crippen molar-refractivity contribution in [3.05, 3.63) is 28.8 Å². The monoisotopic (exact) mass is 349 g/mol. The number of halogens is 1. The highest BCUT2D eigenvalue weighted by Gasteiger charge is 2.15. The molecule has 0 fully saturated rings. The van der Waals surface area contributed by atoms with Crippen LogP contribution < -0.4 is 5.32 Å². The van der Waals surface area contributed by atoms with Crippen molar-refractivity contribution < 1.29 is 8.42 Å². The molecule has 0 aromatic heterocycles. The van der Waals surface area contributed by atoms with E-state index in [2.05, 4.69) is 11.6 Å². The second-order valence-electron chi connectivity index (χ2n) is 5.07. The number of hydrogen-bond acceptors (Lipinski definition) is 4. The Balaban J connectivity index is 2.42. The van der Waals surface area contributed by atoms with E-state index in [0.717, 1.165) is 13.0 Å². The van der Waals surface area contributed by atoms with E-state index in [1.54, 1.807) is 18.2 Å². The zero-order valence-corrected chi connectivity index (χ0v) is 15.1. The molecule has 1 N–H and O–H groups in total. The standard InChI is InChI=1S/C15H24ClNO2S2/c1-20-11-6-4-3-5-10-17-12-13-14(16)8-7-9-15(13)21(2,18)19/h7-9,17H,3-6,10-12H2,1-2H3. The van der Waals surface area contributed by atoms with E-state index in [0.29, 0.717) is 22.0 Å². The molecule has 0 atom stereocenters. The van der Waals surface area contributed by atoms with E-state index in [9.17, 15) is 8.42 Å². The number of benzene rings is 1. The second kappa shape index (κ2) is 9.72. The van der Waals surface area contributed by atoms with Gasteiger partial charge in [-0.3, -0.25) is 0 Å². The summed E-state index contributed by atoms with van der Waals surface area (Å²) >= 11 is 8.01. The van der Waals surface area contributed by atoms with Crippen LogP contribution in [0, 0.1) is 0 Å². The van der Waals surface area contributed by atoms with E-state index in [1.165, 1.54) is 31.3 Å². The lowest BCUT2D eigenvalue weighted by Gasteiger charge is -2.11. The van der Waals surface area contributed by atoms with Crippen molar-refractivity contribution in [2.45, 2.75) is 37.1 Å². The lowest BCUT2D eigenvalue weighted by Crippen LogP contribution is -2.17. The summed E-state index contributed by atoms with van der Waals surface area (Å²) in [5.41, 5.74) is 0.670. The number of rotatable bonds is 10. The first-order valence-corrected chi connectivity index (χ1v) is 10.8. The Kier molecular flexibility index (Phi) is 8.71. The first kappa shape index (κ1) is 18.8. The van der Waals surface area contributed by atoms with Gasteiger partial charge >= 0.3 is 0 Å². The highest BCUT2D eigenvalue weighted by atomic mass is 35.5. The molecule has 0 spiro atoms. The molecule has 6 heteroatoms. The van der Waals surface area contributed by atoms with Gasteiger partial charge in [-0.25, -0.2) is 8.42 Å². The van der Waals surface area contributed by atoms with Gasteiger partial charge < -0.3 is 5.32 Å². The topological polar surface area (TPSA) is 46.2 Å². The fourth-order valence-electron chi connectivity index (χ4n) is 2.12. The summed E-state index contributed by atoms with van der Waals surface area (Å²) in [5, 5.41) is 3.80. The first-order chi connectivity index (χ1) is 9.96. The van der Waals surface area contributed by atoms with Crippen LogP contribution in [-0.2, 0) is 16.4 Å². The van der Waals surface area contributed by atoms with E-state index >= 15 is 0 Å². The number of unbranched alkanes of at least 4 members (excludes halogenated alkanes) is 3. The summed E-state index contributed by atoms with van der Waals surface area (Å²) in [6, 6.07) is 5.02. The van der Waals surface area contributed by atoms with Crippen LogP contribution in [0.5, 0.6) is 0 Å². The molecule has 21 heavy (non-hydrogen) atoms. The van der Waals surface area contributed by atoms with E-state index in [-0.39, 0.29) is 0 Å². The number of sulfone groups is 1. The zero-order valence-electron chi connectivity index (χ0n) is 12.7. The molecule has 3 nitrogen and oxygen atoms in total. The SMILES string of the molecule is CSCCCCCCNCc1c(Cl)cccc1S(C)(=O)=O. The predicted molar refractivity (Wildman–Crippen MR) is 93.1 cm³/mol. The molecule has 0 amide bonds. The molecular weight excluding hydrogens is 326 g/mol. The van der Waals surface area contributed by atoms with E-state index in [1.807, 2.05) is 11.8 Å². The van der Waals surface area contributed by atoms with Crippen molar-refractivity contribution >= 4 is 33.2 Å². The van der Waals surface area contributed by atoms with Crippen LogP contribution in [0.3, 0.4) is 0 Å². The van der Waals surface area contributed by atoms with Crippen molar-refractivity contribution in [2.24, 2.45) is 0 Å². The van der Waals surface area contributed by atoms with Gasteiger partial charge in [-0.15, -0.1) is 0 Å². The summed E-state index contributed by atoms with van der Waals surface area (Å²) in [4.78, 5) is 0.322. The fraction of sp³-hybridized carbons (Fsp3) is 0.600. The van der Waals surface area contributed by atoms with Crippen LogP contribution in [0.15, 0.2) is 23.1 Å². The minimum atomic E-state index is -3.24. The summed E-state index contributed by atoms with van der Waals surface area (Å²) in [6.07, 6.45) is 8.17. The van der Waals surface area contributed by atoms with Gasteiger partial charge in [0, 0.05) is 23.4 Å². The minimum absolute atomic E-state index is 0.322. The fourth-order valence-corrected chi connectivity index (χ4v) is 3.87. The molecule has 0 radical (unpaired) electrons. The summed E-state index contributed by atoms with van der Waals surface area (Å²) in [7, 11) is -3.24. The number of hydrogen-bond donors (Lipinski definition) is 1. The minimum Gasteiger partial charge on any atom is -0.313 e. The Bertz CT molecular complexity index is 532. The lowest BCUT2D eigenvalue weighted by atomic mass is 10.2. The van der Waals surface area contributed by atoms with Crippen LogP contribution in [0.25, 0.3) is 0 Å². The van der Waals surface area contributed by atoms with Gasteiger partial charge in [-0.1, -0.05) is 30.5 Å². The van der Waals surface area contributed by atoms with Gasteiger partial charge in [0.25, 0.3) is 0 Å². The van der Waals surface area contributed by atoms with E-state index < -0.39 is 9.84 Å². The first-order valence-electron chi connectivity index (χ1n) is 7.14. The molecule has 0 aliphatic heterocycles. The Morgan fingerprint density at radius 2 is 1.90 bits per heavy atom. The second-order valence-corrected chi connectivity index (χ2v) is 8.45. The summed E-state index contributed by atoms with van der Waals surface area (Å²) < 4.78 is 23.5. The lowest BCUT2D eigenvalue weighted by molar-refractivity contribution is 0.588. The Hall–Kier alpha value is -0.230. The van der Waals surface area contributed by atoms with Crippen molar-refractivity contribution in [1.29, 1.82) is 0 Å². The number of nitrogens with one attached hydrogen (secondary N) is 1. The maximum atomic E-state index is 11.8. The van der Waals surface area contributed by atoms with Gasteiger partial charge in [0.2, 0.25) is 0 Å². The van der Waals surface area contributed by atoms with Gasteiger partial charge in [-0.2, -0.15) is 11.8 Å². The Labute approximate surface area is 137 Å². The molecule has 0 heterocycles. The molecule has 1 aromatic carbocycles. The predicted octanol–water partition coefficient (Wildman–Crippen LogP) is 3.76. The van der Waals surface area contributed by atoms with Crippen molar-refractivity contribution in [3.8, 4) is 0 Å². The van der Waals surface area contributed by atoms with Gasteiger partial charge in [0.05, 0.1) is 4.90 Å². The molecule has 1 aromatic rings. The van der Waals surface area contributed by atoms with Crippen LogP contribution in [0.1, 0.15) is 31.2 Å². The maximum absolute atomic E-state index is 11.8. The van der Waals surface area contributed by atoms with Crippen LogP contribution in [0.4, 0.5) is 0 Å². The highest BCUT2D eigenvalue weighted by molar-refractivity contribution is 7.98. The van der Waals surface area contributed by atoms with Gasteiger partial charge in [0.1, 0.15) is 0 Å². The average Bonchev–Trinajstić information content (AvgIpc) is 2.42. The number of thioether (sulfide) groups is 1. The molecule has 0 bridgehead atoms. The summed E-state index contributed by atoms with van der Waals surface area (Å²) in [6.45, 7) is 1.38. The van der Waals surface area contributed by atoms with Crippen molar-refractivity contribution in [3.63, 3.8) is 0 Å². The third kappa shape index (κ3) is 7.04. The molecular formula is C15H24ClNO2S2. The van der Waals surface area contributed by atoms with Gasteiger partial charge in [-0.05, 0) is 43.5 Å². The molecule has 1 rings (SSSR count). The maximum Gasteiger partial charge on any atom is 0.175 e. The molecule has 0 unspecified atom stereocenters. The van der Waals surface area contributed by atoms with Gasteiger partial charge in [0.15, 0.2) is 9.84 Å². The van der Waals surface area contributed by atoms with E-state index in [4.69, 9.17) is 11.6 Å².